The lowest BCUT2D eigenvalue weighted by atomic mass is 9.97. The molecule has 1 aliphatic carbocycles. The molecular formula is C22H19F2N3O4. The van der Waals surface area contributed by atoms with Crippen LogP contribution in [0.5, 0.6) is 5.75 Å². The molecule has 160 valence electrons. The van der Waals surface area contributed by atoms with Crippen LogP contribution >= 0.6 is 0 Å². The molecule has 3 aromatic rings. The minimum Gasteiger partial charge on any atom is -0.497 e. The van der Waals surface area contributed by atoms with Crippen molar-refractivity contribution >= 4 is 34.8 Å². The molecule has 0 bridgehead atoms. The summed E-state index contributed by atoms with van der Waals surface area (Å²) in [7, 11) is 1.62. The highest BCUT2D eigenvalue weighted by atomic mass is 19.3. The van der Waals surface area contributed by atoms with Gasteiger partial charge in [-0.3, -0.25) is 19.6 Å². The number of fused-ring (bicyclic) bond motifs is 3. The number of carbonyl (C=O) groups excluding carboxylic acids is 1. The molecule has 1 saturated heterocycles. The Hall–Kier alpha value is -3.30. The summed E-state index contributed by atoms with van der Waals surface area (Å²) in [5.74, 6) is 0.307. The SMILES string of the molecule is COc1ccc2cc(C(C)C(=O)Nc3nc4c([nH]3)=CC3OC(F)(F)OC3C=4)ccc2c1. The zero-order valence-corrected chi connectivity index (χ0v) is 16.7. The van der Waals surface area contributed by atoms with Crippen molar-refractivity contribution in [1.29, 1.82) is 0 Å². The first kappa shape index (κ1) is 19.7. The number of amides is 1. The van der Waals surface area contributed by atoms with Gasteiger partial charge in [0.25, 0.3) is 0 Å². The van der Waals surface area contributed by atoms with Gasteiger partial charge >= 0.3 is 6.29 Å². The number of methoxy groups -OCH3 is 1. The van der Waals surface area contributed by atoms with Gasteiger partial charge in [0.15, 0.2) is 0 Å². The number of hydrogen-bond donors (Lipinski definition) is 2. The lowest BCUT2D eigenvalue weighted by Crippen LogP contribution is -2.36. The van der Waals surface area contributed by atoms with E-state index in [1.807, 2.05) is 36.4 Å². The van der Waals surface area contributed by atoms with Crippen LogP contribution in [0, 0.1) is 0 Å². The number of carbonyl (C=O) groups is 1. The summed E-state index contributed by atoms with van der Waals surface area (Å²) in [6.45, 7) is 1.80. The summed E-state index contributed by atoms with van der Waals surface area (Å²) in [5, 5.41) is 5.68. The van der Waals surface area contributed by atoms with E-state index in [4.69, 9.17) is 4.74 Å². The van der Waals surface area contributed by atoms with Crippen LogP contribution in [-0.2, 0) is 14.3 Å². The van der Waals surface area contributed by atoms with Crippen molar-refractivity contribution in [3.05, 3.63) is 52.7 Å². The molecule has 1 fully saturated rings. The predicted octanol–water partition coefficient (Wildman–Crippen LogP) is 2.22. The smallest absolute Gasteiger partial charge is 0.486 e. The van der Waals surface area contributed by atoms with Crippen molar-refractivity contribution in [2.24, 2.45) is 0 Å². The summed E-state index contributed by atoms with van der Waals surface area (Å²) in [6, 6.07) is 11.6. The highest BCUT2D eigenvalue weighted by molar-refractivity contribution is 5.95. The van der Waals surface area contributed by atoms with Crippen LogP contribution in [-0.4, -0.2) is 41.5 Å². The second-order valence-corrected chi connectivity index (χ2v) is 7.53. The highest BCUT2D eigenvalue weighted by Crippen LogP contribution is 2.33. The minimum absolute atomic E-state index is 0.228. The van der Waals surface area contributed by atoms with Gasteiger partial charge in [0, 0.05) is 0 Å². The maximum atomic E-state index is 13.2. The molecule has 3 atom stereocenters. The largest absolute Gasteiger partial charge is 0.497 e. The van der Waals surface area contributed by atoms with Gasteiger partial charge in [0.2, 0.25) is 11.9 Å². The van der Waals surface area contributed by atoms with E-state index in [1.165, 1.54) is 12.2 Å². The van der Waals surface area contributed by atoms with Gasteiger partial charge in [-0.25, -0.2) is 4.98 Å². The average Bonchev–Trinajstić information content (AvgIpc) is 3.26. The molecule has 31 heavy (non-hydrogen) atoms. The molecule has 0 saturated carbocycles. The number of imidazole rings is 1. The van der Waals surface area contributed by atoms with E-state index < -0.39 is 24.4 Å². The van der Waals surface area contributed by atoms with Crippen molar-refractivity contribution in [3.63, 3.8) is 0 Å². The second kappa shape index (κ2) is 7.14. The van der Waals surface area contributed by atoms with Crippen molar-refractivity contribution < 1.29 is 27.8 Å². The zero-order chi connectivity index (χ0) is 21.8. The molecule has 3 unspecified atom stereocenters. The molecule has 0 spiro atoms. The molecule has 9 heteroatoms. The third-order valence-corrected chi connectivity index (χ3v) is 5.49. The fraction of sp³-hybridized carbons (Fsp3) is 0.273. The van der Waals surface area contributed by atoms with E-state index in [0.717, 1.165) is 22.1 Å². The van der Waals surface area contributed by atoms with Crippen LogP contribution in [0.3, 0.4) is 0 Å². The topological polar surface area (TPSA) is 85.5 Å². The molecule has 0 radical (unpaired) electrons. The quantitative estimate of drug-likeness (QED) is 0.667. The number of alkyl halides is 2. The number of nitrogens with zero attached hydrogens (tertiary/aromatic N) is 1. The number of aromatic nitrogens is 2. The third-order valence-electron chi connectivity index (χ3n) is 5.49. The first-order chi connectivity index (χ1) is 14.8. The summed E-state index contributed by atoms with van der Waals surface area (Å²) in [5.41, 5.74) is 0.850. The highest BCUT2D eigenvalue weighted by Gasteiger charge is 2.48. The predicted molar refractivity (Wildman–Crippen MR) is 109 cm³/mol. The molecule has 1 amide bonds. The molecule has 2 aromatic carbocycles. The van der Waals surface area contributed by atoms with Gasteiger partial charge in [-0.05, 0) is 47.5 Å². The standard InChI is InChI=1S/C22H19F2N3O4/c1-11(12-3-4-14-8-15(29-2)6-5-13(14)7-12)20(28)27-21-25-16-9-18-19(10-17(16)26-21)31-22(23,24)30-18/h3-11,18-19H,1-2H3,(H2,25,26,27,28). The average molecular weight is 427 g/mol. The van der Waals surface area contributed by atoms with Crippen LogP contribution in [0.25, 0.3) is 22.9 Å². The van der Waals surface area contributed by atoms with Crippen molar-refractivity contribution in [2.75, 3.05) is 12.4 Å². The van der Waals surface area contributed by atoms with E-state index in [9.17, 15) is 13.6 Å². The van der Waals surface area contributed by atoms with Gasteiger partial charge in [0.1, 0.15) is 18.0 Å². The Kier molecular flexibility index (Phi) is 4.53. The molecule has 1 aliphatic heterocycles. The molecule has 2 aliphatic rings. The molecule has 1 aromatic heterocycles. The van der Waals surface area contributed by atoms with Gasteiger partial charge in [-0.1, -0.05) is 24.3 Å². The van der Waals surface area contributed by atoms with Crippen LogP contribution in [0.2, 0.25) is 0 Å². The summed E-state index contributed by atoms with van der Waals surface area (Å²) in [4.78, 5) is 20.0. The van der Waals surface area contributed by atoms with E-state index in [0.29, 0.717) is 10.7 Å². The Labute approximate surface area is 175 Å². The van der Waals surface area contributed by atoms with Gasteiger partial charge in [-0.15, -0.1) is 8.78 Å². The summed E-state index contributed by atoms with van der Waals surface area (Å²) >= 11 is 0. The Morgan fingerprint density at radius 3 is 2.65 bits per heavy atom. The van der Waals surface area contributed by atoms with Gasteiger partial charge in [-0.2, -0.15) is 0 Å². The number of hydrogen-bond acceptors (Lipinski definition) is 5. The van der Waals surface area contributed by atoms with Crippen molar-refractivity contribution in [2.45, 2.75) is 31.3 Å². The Bertz CT molecular complexity index is 1260. The van der Waals surface area contributed by atoms with Crippen molar-refractivity contribution in [3.8, 4) is 5.75 Å². The number of benzene rings is 2. The number of H-pyrrole nitrogens is 1. The second-order valence-electron chi connectivity index (χ2n) is 7.53. The first-order valence-electron chi connectivity index (χ1n) is 9.73. The van der Waals surface area contributed by atoms with Crippen LogP contribution < -0.4 is 20.8 Å². The Morgan fingerprint density at radius 2 is 1.87 bits per heavy atom. The van der Waals surface area contributed by atoms with Gasteiger partial charge < -0.3 is 9.72 Å². The van der Waals surface area contributed by atoms with E-state index in [1.54, 1.807) is 14.0 Å². The third kappa shape index (κ3) is 3.66. The summed E-state index contributed by atoms with van der Waals surface area (Å²) in [6.07, 6.45) is -2.53. The van der Waals surface area contributed by atoms with E-state index in [-0.39, 0.29) is 11.9 Å². The lowest BCUT2D eigenvalue weighted by molar-refractivity contribution is -0.346. The minimum atomic E-state index is -3.62. The lowest BCUT2D eigenvalue weighted by Gasteiger charge is -2.12. The molecule has 7 nitrogen and oxygen atoms in total. The first-order valence-corrected chi connectivity index (χ1v) is 9.73. The molecule has 5 rings (SSSR count). The fourth-order valence-electron chi connectivity index (χ4n) is 3.78. The molecular weight excluding hydrogens is 408 g/mol. The molecule has 2 heterocycles. The Morgan fingerprint density at radius 1 is 1.16 bits per heavy atom. The van der Waals surface area contributed by atoms with Crippen molar-refractivity contribution in [1.82, 2.24) is 9.97 Å². The number of halogens is 2. The maximum absolute atomic E-state index is 13.2. The zero-order valence-electron chi connectivity index (χ0n) is 16.7. The monoisotopic (exact) mass is 427 g/mol. The van der Waals surface area contributed by atoms with Crippen LogP contribution in [0.15, 0.2) is 36.4 Å². The molecule has 2 N–H and O–H groups in total. The number of rotatable bonds is 4. The number of nitrogens with one attached hydrogen (secondary N) is 2. The van der Waals surface area contributed by atoms with E-state index in [2.05, 4.69) is 24.8 Å². The normalized spacial score (nSPS) is 22.1. The number of aromatic amines is 1. The van der Waals surface area contributed by atoms with E-state index >= 15 is 0 Å². The van der Waals surface area contributed by atoms with Crippen LogP contribution in [0.1, 0.15) is 18.4 Å². The fourth-order valence-corrected chi connectivity index (χ4v) is 3.78. The number of anilines is 1. The maximum Gasteiger partial charge on any atom is 0.486 e. The summed E-state index contributed by atoms with van der Waals surface area (Å²) < 4.78 is 40.8. The Balaban J connectivity index is 1.35. The van der Waals surface area contributed by atoms with Crippen LogP contribution in [0.4, 0.5) is 14.7 Å². The van der Waals surface area contributed by atoms with Gasteiger partial charge in [0.05, 0.1) is 23.7 Å². The number of ether oxygens (including phenoxy) is 3.